The van der Waals surface area contributed by atoms with Crippen LogP contribution in [0.1, 0.15) is 6.23 Å². The molecule has 3 aromatic rings. The molecule has 4 N–H and O–H groups in total. The maximum Gasteiger partial charge on any atom is 0.330 e. The molecule has 1 saturated heterocycles. The first-order chi connectivity index (χ1) is 14.5. The lowest BCUT2D eigenvalue weighted by atomic mass is 10.1. The Morgan fingerprint density at radius 1 is 1.00 bits per heavy atom. The van der Waals surface area contributed by atoms with Gasteiger partial charge in [0.1, 0.15) is 18.3 Å². The second-order valence-electron chi connectivity index (χ2n) is 6.88. The fourth-order valence-corrected chi connectivity index (χ4v) is 4.23. The maximum atomic E-state index is 12.4. The number of H-pyrrole nitrogens is 1. The third-order valence-electron chi connectivity index (χ3n) is 4.90. The van der Waals surface area contributed by atoms with Gasteiger partial charge in [0.2, 0.25) is 0 Å². The van der Waals surface area contributed by atoms with E-state index in [1.807, 2.05) is 54.6 Å². The average molecular weight is 428 g/mol. The predicted molar refractivity (Wildman–Crippen MR) is 110 cm³/mol. The Kier molecular flexibility index (Phi) is 5.89. The quantitative estimate of drug-likeness (QED) is 0.477. The Balaban J connectivity index is 1.66. The van der Waals surface area contributed by atoms with Crippen molar-refractivity contribution >= 4 is 11.8 Å². The van der Waals surface area contributed by atoms with Crippen LogP contribution in [0.3, 0.4) is 0 Å². The van der Waals surface area contributed by atoms with E-state index in [2.05, 4.69) is 4.98 Å². The van der Waals surface area contributed by atoms with Crippen LogP contribution in [-0.4, -0.2) is 49.8 Å². The molecule has 0 amide bonds. The zero-order chi connectivity index (χ0) is 21.3. The Bertz CT molecular complexity index is 1150. The third kappa shape index (κ3) is 3.98. The summed E-state index contributed by atoms with van der Waals surface area (Å²) in [4.78, 5) is 27.9. The van der Waals surface area contributed by atoms with E-state index < -0.39 is 42.4 Å². The number of aromatic amines is 1. The number of aliphatic hydroxyl groups excluding tert-OH is 3. The van der Waals surface area contributed by atoms with Crippen LogP contribution in [0.2, 0.25) is 0 Å². The molecule has 156 valence electrons. The molecule has 0 saturated carbocycles. The van der Waals surface area contributed by atoms with Gasteiger partial charge < -0.3 is 20.1 Å². The minimum atomic E-state index is -1.43. The molecule has 1 aliphatic rings. The summed E-state index contributed by atoms with van der Waals surface area (Å²) in [7, 11) is 0. The van der Waals surface area contributed by atoms with Gasteiger partial charge in [0.15, 0.2) is 6.23 Å². The summed E-state index contributed by atoms with van der Waals surface area (Å²) in [6.07, 6.45) is -3.73. The molecular formula is C21H20N2O6S. The van der Waals surface area contributed by atoms with E-state index in [1.54, 1.807) is 0 Å². The van der Waals surface area contributed by atoms with Crippen LogP contribution in [0, 0.1) is 0 Å². The van der Waals surface area contributed by atoms with Gasteiger partial charge in [0.25, 0.3) is 5.56 Å². The summed E-state index contributed by atoms with van der Waals surface area (Å²) in [6, 6.07) is 17.4. The SMILES string of the molecule is O=c1[nH]c(=O)n([C@@H]2O[C@H](CO)[C@@H](O)[C@H]2O)cc1Sc1cccc(-c2ccccc2)c1. The molecule has 8 nitrogen and oxygen atoms in total. The lowest BCUT2D eigenvalue weighted by Gasteiger charge is -2.17. The van der Waals surface area contributed by atoms with E-state index in [1.165, 1.54) is 6.20 Å². The fraction of sp³-hybridized carbons (Fsp3) is 0.238. The van der Waals surface area contributed by atoms with Gasteiger partial charge in [-0.05, 0) is 23.3 Å². The Morgan fingerprint density at radius 2 is 1.73 bits per heavy atom. The number of nitrogens with one attached hydrogen (secondary N) is 1. The van der Waals surface area contributed by atoms with Crippen LogP contribution in [0.25, 0.3) is 11.1 Å². The number of nitrogens with zero attached hydrogens (tertiary/aromatic N) is 1. The van der Waals surface area contributed by atoms with E-state index in [-0.39, 0.29) is 4.90 Å². The highest BCUT2D eigenvalue weighted by Gasteiger charge is 2.43. The van der Waals surface area contributed by atoms with E-state index in [0.717, 1.165) is 32.4 Å². The van der Waals surface area contributed by atoms with Gasteiger partial charge in [0.05, 0.1) is 11.5 Å². The monoisotopic (exact) mass is 428 g/mol. The van der Waals surface area contributed by atoms with Gasteiger partial charge in [-0.25, -0.2) is 4.79 Å². The number of hydrogen-bond donors (Lipinski definition) is 4. The lowest BCUT2D eigenvalue weighted by Crippen LogP contribution is -2.38. The summed E-state index contributed by atoms with van der Waals surface area (Å²) in [6.45, 7) is -0.513. The molecule has 0 bridgehead atoms. The number of hydrogen-bond acceptors (Lipinski definition) is 7. The van der Waals surface area contributed by atoms with Gasteiger partial charge in [0, 0.05) is 11.1 Å². The highest BCUT2D eigenvalue weighted by molar-refractivity contribution is 7.99. The second-order valence-corrected chi connectivity index (χ2v) is 8.00. The van der Waals surface area contributed by atoms with Crippen molar-refractivity contribution in [2.24, 2.45) is 0 Å². The Labute approximate surface area is 175 Å². The molecule has 4 rings (SSSR count). The van der Waals surface area contributed by atoms with Gasteiger partial charge in [-0.15, -0.1) is 0 Å². The van der Waals surface area contributed by atoms with Gasteiger partial charge in [-0.3, -0.25) is 14.3 Å². The van der Waals surface area contributed by atoms with Crippen molar-refractivity contribution < 1.29 is 20.1 Å². The molecule has 0 spiro atoms. The van der Waals surface area contributed by atoms with Crippen molar-refractivity contribution in [1.29, 1.82) is 0 Å². The van der Waals surface area contributed by atoms with Crippen LogP contribution in [0.15, 0.2) is 80.2 Å². The normalized spacial score (nSPS) is 23.6. The number of ether oxygens (including phenoxy) is 1. The zero-order valence-electron chi connectivity index (χ0n) is 15.7. The van der Waals surface area contributed by atoms with Crippen LogP contribution < -0.4 is 11.2 Å². The molecule has 1 aliphatic heterocycles. The van der Waals surface area contributed by atoms with Crippen molar-refractivity contribution in [1.82, 2.24) is 9.55 Å². The first-order valence-electron chi connectivity index (χ1n) is 9.29. The number of benzene rings is 2. The second kappa shape index (κ2) is 8.58. The molecule has 2 heterocycles. The lowest BCUT2D eigenvalue weighted by molar-refractivity contribution is -0.0553. The summed E-state index contributed by atoms with van der Waals surface area (Å²) in [5.41, 5.74) is 0.662. The number of aromatic nitrogens is 2. The minimum absolute atomic E-state index is 0.220. The molecular weight excluding hydrogens is 408 g/mol. The fourth-order valence-electron chi connectivity index (χ4n) is 3.34. The molecule has 1 fully saturated rings. The standard InChI is InChI=1S/C21H20N2O6S/c24-11-15-17(25)18(26)20(29-15)23-10-16(19(27)22-21(23)28)30-14-8-4-7-13(9-14)12-5-2-1-3-6-12/h1-10,15,17-18,20,24-26H,11H2,(H,22,27,28)/t15-,17-,18-,20-/m1/s1. The summed E-state index contributed by atoms with van der Waals surface area (Å²) >= 11 is 1.16. The van der Waals surface area contributed by atoms with Gasteiger partial charge in [-0.2, -0.15) is 0 Å². The highest BCUT2D eigenvalue weighted by Crippen LogP contribution is 2.31. The first-order valence-corrected chi connectivity index (χ1v) is 10.1. The van der Waals surface area contributed by atoms with Gasteiger partial charge in [-0.1, -0.05) is 54.2 Å². The van der Waals surface area contributed by atoms with Gasteiger partial charge >= 0.3 is 5.69 Å². The molecule has 2 aromatic carbocycles. The topological polar surface area (TPSA) is 125 Å². The van der Waals surface area contributed by atoms with Crippen molar-refractivity contribution in [3.8, 4) is 11.1 Å². The maximum absolute atomic E-state index is 12.4. The highest BCUT2D eigenvalue weighted by atomic mass is 32.2. The van der Waals surface area contributed by atoms with E-state index in [4.69, 9.17) is 4.74 Å². The smallest absolute Gasteiger partial charge is 0.330 e. The first kappa shape index (κ1) is 20.6. The zero-order valence-corrected chi connectivity index (χ0v) is 16.5. The molecule has 9 heteroatoms. The Morgan fingerprint density at radius 3 is 2.43 bits per heavy atom. The van der Waals surface area contributed by atoms with Crippen LogP contribution in [0.4, 0.5) is 0 Å². The summed E-state index contributed by atoms with van der Waals surface area (Å²) < 4.78 is 6.43. The predicted octanol–water partition coefficient (Wildman–Crippen LogP) is 0.966. The molecule has 0 unspecified atom stereocenters. The molecule has 1 aromatic heterocycles. The molecule has 30 heavy (non-hydrogen) atoms. The number of rotatable bonds is 5. The summed E-state index contributed by atoms with van der Waals surface area (Å²) in [5, 5.41) is 29.4. The van der Waals surface area contributed by atoms with E-state index in [9.17, 15) is 24.9 Å². The summed E-state index contributed by atoms with van der Waals surface area (Å²) in [5.74, 6) is 0. The largest absolute Gasteiger partial charge is 0.394 e. The van der Waals surface area contributed by atoms with Crippen LogP contribution in [-0.2, 0) is 4.74 Å². The van der Waals surface area contributed by atoms with Crippen LogP contribution in [0.5, 0.6) is 0 Å². The van der Waals surface area contributed by atoms with Crippen molar-refractivity contribution in [3.63, 3.8) is 0 Å². The van der Waals surface area contributed by atoms with E-state index in [0.29, 0.717) is 0 Å². The molecule has 4 atom stereocenters. The van der Waals surface area contributed by atoms with E-state index >= 15 is 0 Å². The Hall–Kier alpha value is -2.69. The van der Waals surface area contributed by atoms with Crippen molar-refractivity contribution in [2.75, 3.05) is 6.61 Å². The van der Waals surface area contributed by atoms with Crippen LogP contribution >= 0.6 is 11.8 Å². The van der Waals surface area contributed by atoms with Crippen molar-refractivity contribution in [2.45, 2.75) is 34.3 Å². The third-order valence-corrected chi connectivity index (χ3v) is 5.90. The average Bonchev–Trinajstić information content (AvgIpc) is 3.05. The van der Waals surface area contributed by atoms with Crippen molar-refractivity contribution in [3.05, 3.63) is 81.6 Å². The molecule has 0 radical (unpaired) electrons. The minimum Gasteiger partial charge on any atom is -0.394 e. The molecule has 0 aliphatic carbocycles. The number of aliphatic hydroxyl groups is 3.